The Morgan fingerprint density at radius 1 is 1.17 bits per heavy atom. The summed E-state index contributed by atoms with van der Waals surface area (Å²) in [5, 5.41) is 1.68. The first kappa shape index (κ1) is 20.3. The quantitative estimate of drug-likeness (QED) is 0.306. The lowest BCUT2D eigenvalue weighted by Gasteiger charge is -2.04. The van der Waals surface area contributed by atoms with Crippen LogP contribution in [0, 0.1) is 0 Å². The predicted octanol–water partition coefficient (Wildman–Crippen LogP) is 5.03. The van der Waals surface area contributed by atoms with E-state index in [1.165, 1.54) is 11.3 Å². The van der Waals surface area contributed by atoms with Crippen molar-refractivity contribution in [2.75, 3.05) is 11.5 Å². The van der Waals surface area contributed by atoms with Crippen molar-refractivity contribution >= 4 is 66.6 Å². The smallest absolute Gasteiger partial charge is 0.355 e. The van der Waals surface area contributed by atoms with Gasteiger partial charge in [0, 0.05) is 21.3 Å². The highest BCUT2D eigenvalue weighted by Gasteiger charge is 2.26. The van der Waals surface area contributed by atoms with Gasteiger partial charge in [0.05, 0.1) is 22.6 Å². The van der Waals surface area contributed by atoms with Gasteiger partial charge in [-0.2, -0.15) is 0 Å². The second-order valence-corrected chi connectivity index (χ2v) is 10.8. The number of benzene rings is 2. The van der Waals surface area contributed by atoms with E-state index in [-0.39, 0.29) is 17.5 Å². The normalized spacial score (nSPS) is 18.5. The lowest BCUT2D eigenvalue weighted by molar-refractivity contribution is 0.0740. The van der Waals surface area contributed by atoms with Crippen LogP contribution in [0.2, 0.25) is 10.0 Å². The van der Waals surface area contributed by atoms with Crippen molar-refractivity contribution in [1.29, 1.82) is 0 Å². The van der Waals surface area contributed by atoms with Crippen LogP contribution in [0.25, 0.3) is 10.1 Å². The van der Waals surface area contributed by atoms with Crippen LogP contribution in [0.5, 0.6) is 5.75 Å². The molecule has 150 valence electrons. The highest BCUT2D eigenvalue weighted by atomic mass is 35.5. The summed E-state index contributed by atoms with van der Waals surface area (Å²) in [6.45, 7) is 0. The number of hydrogen-bond acceptors (Lipinski definition) is 6. The molecule has 9 heteroatoms. The first-order valence-electron chi connectivity index (χ1n) is 8.74. The topological polar surface area (TPSA) is 72.8 Å². The SMILES string of the molecule is O=C(Oc1ccc(C=NC2CCS(=O)(=O)C2)cc1)c1sc2cc(Cl)ccc2c1Cl. The summed E-state index contributed by atoms with van der Waals surface area (Å²) < 4.78 is 29.2. The lowest BCUT2D eigenvalue weighted by Crippen LogP contribution is -2.08. The molecule has 1 saturated heterocycles. The fourth-order valence-corrected chi connectivity index (χ4v) is 6.33. The number of nitrogens with zero attached hydrogens (tertiary/aromatic N) is 1. The van der Waals surface area contributed by atoms with Gasteiger partial charge >= 0.3 is 5.97 Å². The van der Waals surface area contributed by atoms with Gasteiger partial charge in [0.15, 0.2) is 9.84 Å². The number of halogens is 2. The maximum absolute atomic E-state index is 12.5. The van der Waals surface area contributed by atoms with Crippen LogP contribution in [0.4, 0.5) is 0 Å². The zero-order valence-electron chi connectivity index (χ0n) is 15.0. The number of ether oxygens (including phenoxy) is 1. The van der Waals surface area contributed by atoms with Crippen molar-refractivity contribution in [3.05, 3.63) is 63.0 Å². The van der Waals surface area contributed by atoms with E-state index < -0.39 is 15.8 Å². The molecule has 0 bridgehead atoms. The van der Waals surface area contributed by atoms with Gasteiger partial charge < -0.3 is 4.74 Å². The minimum Gasteiger partial charge on any atom is -0.422 e. The number of fused-ring (bicyclic) bond motifs is 1. The van der Waals surface area contributed by atoms with Crippen LogP contribution in [0.15, 0.2) is 47.5 Å². The van der Waals surface area contributed by atoms with E-state index >= 15 is 0 Å². The van der Waals surface area contributed by atoms with Crippen molar-refractivity contribution in [2.24, 2.45) is 4.99 Å². The number of sulfone groups is 1. The predicted molar refractivity (Wildman–Crippen MR) is 118 cm³/mol. The number of aliphatic imine (C=N–C) groups is 1. The second kappa shape index (κ2) is 8.07. The van der Waals surface area contributed by atoms with E-state index in [1.54, 1.807) is 48.7 Å². The molecule has 5 nitrogen and oxygen atoms in total. The zero-order valence-corrected chi connectivity index (χ0v) is 18.1. The Kier molecular flexibility index (Phi) is 5.66. The van der Waals surface area contributed by atoms with Crippen LogP contribution in [-0.2, 0) is 9.84 Å². The molecule has 0 spiro atoms. The summed E-state index contributed by atoms with van der Waals surface area (Å²) in [5.74, 6) is 0.128. The molecule has 0 N–H and O–H groups in total. The molecular weight excluding hydrogens is 453 g/mol. The standard InChI is InChI=1S/C20H15Cl2NO4S2/c21-13-3-6-16-17(9-13)28-19(18(16)22)20(24)27-15-4-1-12(2-5-15)10-23-14-7-8-29(25,26)11-14/h1-6,9-10,14H,7-8,11H2. The molecule has 3 aromatic rings. The summed E-state index contributed by atoms with van der Waals surface area (Å²) >= 11 is 13.5. The molecule has 0 saturated carbocycles. The number of rotatable bonds is 4. The minimum absolute atomic E-state index is 0.0976. The Morgan fingerprint density at radius 2 is 1.93 bits per heavy atom. The highest BCUT2D eigenvalue weighted by molar-refractivity contribution is 7.91. The average Bonchev–Trinajstić information content (AvgIpc) is 3.20. The van der Waals surface area contributed by atoms with Crippen LogP contribution >= 0.6 is 34.5 Å². The van der Waals surface area contributed by atoms with E-state index in [0.29, 0.717) is 27.1 Å². The van der Waals surface area contributed by atoms with Crippen molar-refractivity contribution in [3.8, 4) is 5.75 Å². The number of thiophene rings is 1. The molecule has 2 aromatic carbocycles. The third-order valence-electron chi connectivity index (χ3n) is 4.51. The maximum Gasteiger partial charge on any atom is 0.355 e. The Labute approximate surface area is 181 Å². The molecular formula is C20H15Cl2NO4S2. The molecule has 0 amide bonds. The number of hydrogen-bond donors (Lipinski definition) is 0. The van der Waals surface area contributed by atoms with Crippen LogP contribution in [0.3, 0.4) is 0 Å². The molecule has 1 fully saturated rings. The molecule has 1 aliphatic heterocycles. The Bertz CT molecular complexity index is 1220. The lowest BCUT2D eigenvalue weighted by atomic mass is 10.2. The van der Waals surface area contributed by atoms with Crippen molar-refractivity contribution in [2.45, 2.75) is 12.5 Å². The zero-order chi connectivity index (χ0) is 20.6. The number of carbonyl (C=O) groups excluding carboxylic acids is 1. The molecule has 4 rings (SSSR count). The summed E-state index contributed by atoms with van der Waals surface area (Å²) in [5.41, 5.74) is 0.795. The Hall–Kier alpha value is -1.93. The second-order valence-electron chi connectivity index (χ2n) is 6.68. The van der Waals surface area contributed by atoms with E-state index in [9.17, 15) is 13.2 Å². The third-order valence-corrected chi connectivity index (χ3v) is 8.13. The molecule has 29 heavy (non-hydrogen) atoms. The van der Waals surface area contributed by atoms with Gasteiger partial charge in [-0.15, -0.1) is 11.3 Å². The van der Waals surface area contributed by atoms with Gasteiger partial charge in [-0.1, -0.05) is 29.3 Å². The number of esters is 1. The van der Waals surface area contributed by atoms with Crippen molar-refractivity contribution < 1.29 is 17.9 Å². The minimum atomic E-state index is -2.95. The molecule has 1 aromatic heterocycles. The molecule has 1 aliphatic rings. The van der Waals surface area contributed by atoms with E-state index in [1.807, 2.05) is 0 Å². The van der Waals surface area contributed by atoms with Crippen molar-refractivity contribution in [3.63, 3.8) is 0 Å². The molecule has 0 aliphatic carbocycles. The molecule has 2 heterocycles. The van der Waals surface area contributed by atoms with Crippen LogP contribution < -0.4 is 4.74 Å². The van der Waals surface area contributed by atoms with Gasteiger partial charge in [0.2, 0.25) is 0 Å². The highest BCUT2D eigenvalue weighted by Crippen LogP contribution is 2.37. The largest absolute Gasteiger partial charge is 0.422 e. The maximum atomic E-state index is 12.5. The summed E-state index contributed by atoms with van der Waals surface area (Å²) in [6, 6.07) is 11.9. The fraction of sp³-hybridized carbons (Fsp3) is 0.200. The molecule has 1 unspecified atom stereocenters. The van der Waals surface area contributed by atoms with Gasteiger partial charge in [-0.25, -0.2) is 13.2 Å². The van der Waals surface area contributed by atoms with E-state index in [2.05, 4.69) is 4.99 Å². The fourth-order valence-electron chi connectivity index (χ4n) is 3.03. The monoisotopic (exact) mass is 467 g/mol. The Balaban J connectivity index is 1.45. The summed E-state index contributed by atoms with van der Waals surface area (Å²) in [7, 11) is -2.95. The average molecular weight is 468 g/mol. The summed E-state index contributed by atoms with van der Waals surface area (Å²) in [4.78, 5) is 17.2. The van der Waals surface area contributed by atoms with E-state index in [4.69, 9.17) is 27.9 Å². The number of carbonyl (C=O) groups is 1. The molecule has 1 atom stereocenters. The van der Waals surface area contributed by atoms with Gasteiger partial charge in [0.25, 0.3) is 0 Å². The van der Waals surface area contributed by atoms with Gasteiger partial charge in [0.1, 0.15) is 10.6 Å². The first-order chi connectivity index (χ1) is 13.8. The van der Waals surface area contributed by atoms with Crippen LogP contribution in [0.1, 0.15) is 21.7 Å². The summed E-state index contributed by atoms with van der Waals surface area (Å²) in [6.07, 6.45) is 2.19. The van der Waals surface area contributed by atoms with Crippen molar-refractivity contribution in [1.82, 2.24) is 0 Å². The molecule has 0 radical (unpaired) electrons. The van der Waals surface area contributed by atoms with Crippen LogP contribution in [-0.4, -0.2) is 38.1 Å². The van der Waals surface area contributed by atoms with E-state index in [0.717, 1.165) is 15.6 Å². The third kappa shape index (κ3) is 4.64. The first-order valence-corrected chi connectivity index (χ1v) is 12.1. The van der Waals surface area contributed by atoms with Gasteiger partial charge in [-0.05, 0) is 48.4 Å². The Morgan fingerprint density at radius 3 is 2.62 bits per heavy atom. The van der Waals surface area contributed by atoms with Gasteiger partial charge in [-0.3, -0.25) is 4.99 Å².